The van der Waals surface area contributed by atoms with Crippen LogP contribution in [0.15, 0.2) is 22.7 Å². The number of halogens is 1. The van der Waals surface area contributed by atoms with Crippen LogP contribution < -0.4 is 0 Å². The highest BCUT2D eigenvalue weighted by atomic mass is 35.5. The van der Waals surface area contributed by atoms with Gasteiger partial charge in [0.2, 0.25) is 5.89 Å². The van der Waals surface area contributed by atoms with Crippen LogP contribution in [-0.4, -0.2) is 52.5 Å². The summed E-state index contributed by atoms with van der Waals surface area (Å²) >= 11 is 6.29. The molecule has 7 heteroatoms. The highest BCUT2D eigenvalue weighted by Crippen LogP contribution is 2.26. The van der Waals surface area contributed by atoms with E-state index in [4.69, 9.17) is 16.1 Å². The van der Waals surface area contributed by atoms with E-state index in [0.29, 0.717) is 35.4 Å². The van der Waals surface area contributed by atoms with Crippen LogP contribution in [0.3, 0.4) is 0 Å². The molecule has 0 radical (unpaired) electrons. The number of likely N-dealkylation sites (N-methyl/N-ethyl adjacent to an activating group) is 1. The SMILES string of the molecule is Cc1noc(C2CN(C(=O)c3cccc(C)c3Cl)CCN2C)n1. The molecule has 1 amide bonds. The van der Waals surface area contributed by atoms with Gasteiger partial charge in [0.15, 0.2) is 5.82 Å². The van der Waals surface area contributed by atoms with E-state index in [9.17, 15) is 4.79 Å². The average Bonchev–Trinajstić information content (AvgIpc) is 2.96. The van der Waals surface area contributed by atoms with Crippen molar-refractivity contribution in [3.63, 3.8) is 0 Å². The summed E-state index contributed by atoms with van der Waals surface area (Å²) < 4.78 is 5.28. The topological polar surface area (TPSA) is 62.5 Å². The number of amides is 1. The molecular weight excluding hydrogens is 316 g/mol. The van der Waals surface area contributed by atoms with Gasteiger partial charge in [-0.1, -0.05) is 28.9 Å². The maximum absolute atomic E-state index is 12.8. The zero-order valence-corrected chi connectivity index (χ0v) is 14.2. The highest BCUT2D eigenvalue weighted by molar-refractivity contribution is 6.34. The van der Waals surface area contributed by atoms with Crippen LogP contribution in [0.5, 0.6) is 0 Å². The fourth-order valence-corrected chi connectivity index (χ4v) is 2.96. The van der Waals surface area contributed by atoms with E-state index >= 15 is 0 Å². The third-order valence-corrected chi connectivity index (χ3v) is 4.69. The first-order valence-electron chi connectivity index (χ1n) is 7.52. The number of nitrogens with zero attached hydrogens (tertiary/aromatic N) is 4. The Bertz CT molecular complexity index is 731. The monoisotopic (exact) mass is 334 g/mol. The molecule has 0 bridgehead atoms. The van der Waals surface area contributed by atoms with Crippen molar-refractivity contribution in [2.24, 2.45) is 0 Å². The third kappa shape index (κ3) is 3.09. The molecule has 1 aromatic carbocycles. The molecule has 0 aliphatic carbocycles. The predicted molar refractivity (Wildman–Crippen MR) is 86.5 cm³/mol. The first-order chi connectivity index (χ1) is 11.0. The van der Waals surface area contributed by atoms with Gasteiger partial charge < -0.3 is 9.42 Å². The zero-order valence-electron chi connectivity index (χ0n) is 13.4. The van der Waals surface area contributed by atoms with Crippen molar-refractivity contribution < 1.29 is 9.32 Å². The van der Waals surface area contributed by atoms with E-state index in [0.717, 1.165) is 12.1 Å². The summed E-state index contributed by atoms with van der Waals surface area (Å²) in [5, 5.41) is 4.36. The number of hydrogen-bond donors (Lipinski definition) is 0. The number of aromatic nitrogens is 2. The summed E-state index contributed by atoms with van der Waals surface area (Å²) in [5.41, 5.74) is 1.44. The summed E-state index contributed by atoms with van der Waals surface area (Å²) in [4.78, 5) is 21.0. The van der Waals surface area contributed by atoms with Crippen LogP contribution in [0.25, 0.3) is 0 Å². The summed E-state index contributed by atoms with van der Waals surface area (Å²) in [6.07, 6.45) is 0. The molecular formula is C16H19ClN4O2. The van der Waals surface area contributed by atoms with Gasteiger partial charge in [0.1, 0.15) is 6.04 Å². The van der Waals surface area contributed by atoms with Gasteiger partial charge >= 0.3 is 0 Å². The average molecular weight is 335 g/mol. The first-order valence-corrected chi connectivity index (χ1v) is 7.90. The number of benzene rings is 1. The van der Waals surface area contributed by atoms with Crippen molar-refractivity contribution in [1.29, 1.82) is 0 Å². The standard InChI is InChI=1S/C16H19ClN4O2/c1-10-5-4-6-12(14(10)17)16(22)21-8-7-20(3)13(9-21)15-18-11(2)19-23-15/h4-6,13H,7-9H2,1-3H3. The normalized spacial score (nSPS) is 19.1. The second-order valence-corrected chi connectivity index (χ2v) is 6.24. The van der Waals surface area contributed by atoms with Gasteiger partial charge in [0.05, 0.1) is 10.6 Å². The summed E-state index contributed by atoms with van der Waals surface area (Å²) in [6.45, 7) is 5.56. The Hall–Kier alpha value is -1.92. The number of aryl methyl sites for hydroxylation is 2. The molecule has 1 aromatic heterocycles. The molecule has 2 heterocycles. The number of rotatable bonds is 2. The number of carbonyl (C=O) groups excluding carboxylic acids is 1. The molecule has 0 spiro atoms. The van der Waals surface area contributed by atoms with Crippen LogP contribution in [0, 0.1) is 13.8 Å². The lowest BCUT2D eigenvalue weighted by Crippen LogP contribution is -2.49. The van der Waals surface area contributed by atoms with Crippen molar-refractivity contribution in [1.82, 2.24) is 19.9 Å². The molecule has 1 unspecified atom stereocenters. The van der Waals surface area contributed by atoms with Gasteiger partial charge in [-0.05, 0) is 32.5 Å². The Morgan fingerprint density at radius 2 is 2.13 bits per heavy atom. The lowest BCUT2D eigenvalue weighted by atomic mass is 10.1. The predicted octanol–water partition coefficient (Wildman–Crippen LogP) is 2.47. The summed E-state index contributed by atoms with van der Waals surface area (Å²) in [5.74, 6) is 1.07. The Balaban J connectivity index is 1.83. The second kappa shape index (κ2) is 6.29. The fourth-order valence-electron chi connectivity index (χ4n) is 2.76. The lowest BCUT2D eigenvalue weighted by molar-refractivity contribution is 0.0489. The first kappa shape index (κ1) is 16.0. The van der Waals surface area contributed by atoms with Crippen LogP contribution >= 0.6 is 11.6 Å². The number of carbonyl (C=O) groups is 1. The van der Waals surface area contributed by atoms with Gasteiger partial charge in [-0.25, -0.2) is 0 Å². The maximum Gasteiger partial charge on any atom is 0.255 e. The Kier molecular flexibility index (Phi) is 4.37. The molecule has 1 saturated heterocycles. The van der Waals surface area contributed by atoms with Gasteiger partial charge in [0, 0.05) is 19.6 Å². The van der Waals surface area contributed by atoms with Crippen LogP contribution in [0.1, 0.15) is 33.7 Å². The smallest absolute Gasteiger partial charge is 0.255 e. The van der Waals surface area contributed by atoms with E-state index in [1.54, 1.807) is 17.9 Å². The minimum absolute atomic E-state index is 0.0620. The molecule has 0 N–H and O–H groups in total. The van der Waals surface area contributed by atoms with E-state index in [2.05, 4.69) is 15.0 Å². The van der Waals surface area contributed by atoms with Gasteiger partial charge in [-0.15, -0.1) is 0 Å². The molecule has 23 heavy (non-hydrogen) atoms. The van der Waals surface area contributed by atoms with E-state index in [1.807, 2.05) is 26.1 Å². The van der Waals surface area contributed by atoms with Crippen molar-refractivity contribution in [2.75, 3.05) is 26.7 Å². The quantitative estimate of drug-likeness (QED) is 0.844. The van der Waals surface area contributed by atoms with Gasteiger partial charge in [-0.3, -0.25) is 9.69 Å². The van der Waals surface area contributed by atoms with Crippen LogP contribution in [0.2, 0.25) is 5.02 Å². The lowest BCUT2D eigenvalue weighted by Gasteiger charge is -2.37. The molecule has 0 saturated carbocycles. The molecule has 3 rings (SSSR count). The minimum Gasteiger partial charge on any atom is -0.338 e. The van der Waals surface area contributed by atoms with Crippen molar-refractivity contribution in [2.45, 2.75) is 19.9 Å². The fraction of sp³-hybridized carbons (Fsp3) is 0.438. The molecule has 2 aromatic rings. The maximum atomic E-state index is 12.8. The highest BCUT2D eigenvalue weighted by Gasteiger charge is 2.33. The minimum atomic E-state index is -0.0996. The summed E-state index contributed by atoms with van der Waals surface area (Å²) in [6, 6.07) is 5.41. The van der Waals surface area contributed by atoms with Crippen molar-refractivity contribution in [3.8, 4) is 0 Å². The Morgan fingerprint density at radius 3 is 2.83 bits per heavy atom. The van der Waals surface area contributed by atoms with Crippen LogP contribution in [-0.2, 0) is 0 Å². The number of hydrogen-bond acceptors (Lipinski definition) is 5. The molecule has 1 fully saturated rings. The molecule has 1 atom stereocenters. The van der Waals surface area contributed by atoms with Gasteiger partial charge in [-0.2, -0.15) is 4.98 Å². The van der Waals surface area contributed by atoms with Crippen molar-refractivity contribution in [3.05, 3.63) is 46.1 Å². The molecule has 1 aliphatic heterocycles. The van der Waals surface area contributed by atoms with E-state index in [-0.39, 0.29) is 11.9 Å². The van der Waals surface area contributed by atoms with Crippen molar-refractivity contribution >= 4 is 17.5 Å². The summed E-state index contributed by atoms with van der Waals surface area (Å²) in [7, 11) is 1.99. The van der Waals surface area contributed by atoms with Gasteiger partial charge in [0.25, 0.3) is 5.91 Å². The van der Waals surface area contributed by atoms with E-state index in [1.165, 1.54) is 0 Å². The second-order valence-electron chi connectivity index (χ2n) is 5.86. The molecule has 1 aliphatic rings. The molecule has 6 nitrogen and oxygen atoms in total. The van der Waals surface area contributed by atoms with E-state index < -0.39 is 0 Å². The number of piperazine rings is 1. The Labute approximate surface area is 140 Å². The zero-order chi connectivity index (χ0) is 16.6. The Morgan fingerprint density at radius 1 is 1.35 bits per heavy atom. The van der Waals surface area contributed by atoms with Crippen LogP contribution in [0.4, 0.5) is 0 Å². The largest absolute Gasteiger partial charge is 0.338 e. The third-order valence-electron chi connectivity index (χ3n) is 4.19. The molecule has 122 valence electrons.